The smallest absolute Gasteiger partial charge is 0.0564 e. The fourth-order valence-electron chi connectivity index (χ4n) is 3.05. The van der Waals surface area contributed by atoms with Gasteiger partial charge in [0.2, 0.25) is 0 Å². The van der Waals surface area contributed by atoms with Gasteiger partial charge in [-0.25, -0.2) is 0 Å². The van der Waals surface area contributed by atoms with E-state index in [1.54, 1.807) is 0 Å². The number of piperidine rings is 1. The number of benzene rings is 1. The molecule has 0 bridgehead atoms. The molecule has 1 aromatic rings. The largest absolute Gasteiger partial charge is 0.393 e. The van der Waals surface area contributed by atoms with Crippen LogP contribution in [0.3, 0.4) is 0 Å². The molecule has 1 heterocycles. The van der Waals surface area contributed by atoms with Gasteiger partial charge in [0.15, 0.2) is 0 Å². The van der Waals surface area contributed by atoms with E-state index in [4.69, 9.17) is 0 Å². The lowest BCUT2D eigenvalue weighted by atomic mass is 9.93. The minimum absolute atomic E-state index is 0.0826. The van der Waals surface area contributed by atoms with Crippen LogP contribution in [0.1, 0.15) is 31.4 Å². The normalized spacial score (nSPS) is 21.2. The van der Waals surface area contributed by atoms with Crippen molar-refractivity contribution in [1.82, 2.24) is 10.2 Å². The Morgan fingerprint density at radius 3 is 2.47 bits per heavy atom. The van der Waals surface area contributed by atoms with Crippen LogP contribution in [0.2, 0.25) is 0 Å². The van der Waals surface area contributed by atoms with E-state index >= 15 is 0 Å². The molecule has 3 heteroatoms. The molecule has 2 unspecified atom stereocenters. The van der Waals surface area contributed by atoms with Gasteiger partial charge in [-0.15, -0.1) is 0 Å². The zero-order valence-electron chi connectivity index (χ0n) is 12.0. The zero-order valence-corrected chi connectivity index (χ0v) is 12.0. The highest BCUT2D eigenvalue weighted by molar-refractivity contribution is 5.19. The van der Waals surface area contributed by atoms with Gasteiger partial charge >= 0.3 is 0 Å². The second-order valence-corrected chi connectivity index (χ2v) is 5.69. The molecule has 0 saturated carbocycles. The maximum Gasteiger partial charge on any atom is 0.0564 e. The first-order valence-electron chi connectivity index (χ1n) is 7.33. The van der Waals surface area contributed by atoms with E-state index in [9.17, 15) is 5.11 Å². The first-order chi connectivity index (χ1) is 9.20. The zero-order chi connectivity index (χ0) is 13.7. The average molecular weight is 262 g/mol. The third kappa shape index (κ3) is 4.03. The highest BCUT2D eigenvalue weighted by Gasteiger charge is 2.23. The number of aliphatic hydroxyl groups excluding tert-OH is 1. The van der Waals surface area contributed by atoms with Crippen molar-refractivity contribution >= 4 is 0 Å². The molecule has 1 aliphatic rings. The molecule has 2 N–H and O–H groups in total. The van der Waals surface area contributed by atoms with E-state index in [-0.39, 0.29) is 6.10 Å². The molecule has 1 saturated heterocycles. The van der Waals surface area contributed by atoms with E-state index in [1.165, 1.54) is 5.56 Å². The van der Waals surface area contributed by atoms with Crippen LogP contribution >= 0.6 is 0 Å². The third-order valence-electron chi connectivity index (χ3n) is 4.14. The van der Waals surface area contributed by atoms with Crippen LogP contribution in [0.4, 0.5) is 0 Å². The number of hydrogen-bond acceptors (Lipinski definition) is 3. The summed E-state index contributed by atoms with van der Waals surface area (Å²) in [6.45, 7) is 5.44. The van der Waals surface area contributed by atoms with Crippen molar-refractivity contribution in [1.29, 1.82) is 0 Å². The topological polar surface area (TPSA) is 35.5 Å². The van der Waals surface area contributed by atoms with Gasteiger partial charge in [-0.05, 0) is 31.4 Å². The molecule has 0 radical (unpaired) electrons. The lowest BCUT2D eigenvalue weighted by Gasteiger charge is -2.34. The molecular formula is C16H26N2O. The third-order valence-corrected chi connectivity index (χ3v) is 4.14. The van der Waals surface area contributed by atoms with E-state index in [2.05, 4.69) is 47.5 Å². The van der Waals surface area contributed by atoms with Crippen LogP contribution in [0.5, 0.6) is 0 Å². The highest BCUT2D eigenvalue weighted by Crippen LogP contribution is 2.23. The summed E-state index contributed by atoms with van der Waals surface area (Å²) < 4.78 is 0. The van der Waals surface area contributed by atoms with Crippen molar-refractivity contribution in [3.63, 3.8) is 0 Å². The highest BCUT2D eigenvalue weighted by atomic mass is 16.3. The second kappa shape index (κ2) is 7.04. The minimum atomic E-state index is -0.0826. The Labute approximate surface area is 116 Å². The molecule has 1 aromatic carbocycles. The number of aliphatic hydroxyl groups is 1. The number of nitrogens with zero attached hydrogens (tertiary/aromatic N) is 1. The molecule has 106 valence electrons. The van der Waals surface area contributed by atoms with Gasteiger partial charge in [0, 0.05) is 25.7 Å². The van der Waals surface area contributed by atoms with E-state index in [0.29, 0.717) is 12.0 Å². The summed E-state index contributed by atoms with van der Waals surface area (Å²) in [5.41, 5.74) is 1.36. The van der Waals surface area contributed by atoms with Crippen LogP contribution < -0.4 is 5.32 Å². The molecular weight excluding hydrogens is 236 g/mol. The van der Waals surface area contributed by atoms with Gasteiger partial charge in [-0.3, -0.25) is 0 Å². The van der Waals surface area contributed by atoms with Gasteiger partial charge < -0.3 is 15.3 Å². The maximum atomic E-state index is 9.56. The molecule has 0 aliphatic carbocycles. The first-order valence-corrected chi connectivity index (χ1v) is 7.33. The summed E-state index contributed by atoms with van der Waals surface area (Å²) in [6, 6.07) is 11.0. The minimum Gasteiger partial charge on any atom is -0.393 e. The lowest BCUT2D eigenvalue weighted by Crippen LogP contribution is -2.40. The second-order valence-electron chi connectivity index (χ2n) is 5.69. The molecule has 0 aromatic heterocycles. The fourth-order valence-corrected chi connectivity index (χ4v) is 3.05. The van der Waals surface area contributed by atoms with Crippen molar-refractivity contribution < 1.29 is 5.11 Å². The Hall–Kier alpha value is -0.900. The van der Waals surface area contributed by atoms with Crippen LogP contribution in [0, 0.1) is 5.92 Å². The molecule has 0 spiro atoms. The molecule has 19 heavy (non-hydrogen) atoms. The summed E-state index contributed by atoms with van der Waals surface area (Å²) in [5.74, 6) is 0.558. The average Bonchev–Trinajstić information content (AvgIpc) is 2.43. The quantitative estimate of drug-likeness (QED) is 0.852. The van der Waals surface area contributed by atoms with Crippen molar-refractivity contribution in [3.8, 4) is 0 Å². The summed E-state index contributed by atoms with van der Waals surface area (Å²) in [7, 11) is 2.04. The van der Waals surface area contributed by atoms with Crippen molar-refractivity contribution in [3.05, 3.63) is 35.9 Å². The number of hydrogen-bond donors (Lipinski definition) is 2. The number of rotatable bonds is 5. The fraction of sp³-hybridized carbons (Fsp3) is 0.625. The van der Waals surface area contributed by atoms with Gasteiger partial charge in [-0.2, -0.15) is 0 Å². The Kier molecular flexibility index (Phi) is 5.37. The SMILES string of the molecule is CNC(c1ccccc1)C(C)CN1CCC(O)CC1. The van der Waals surface area contributed by atoms with Gasteiger partial charge in [0.25, 0.3) is 0 Å². The van der Waals surface area contributed by atoms with E-state index < -0.39 is 0 Å². The van der Waals surface area contributed by atoms with Crippen LogP contribution in [0.25, 0.3) is 0 Å². The Balaban J connectivity index is 1.92. The Morgan fingerprint density at radius 2 is 1.89 bits per heavy atom. The lowest BCUT2D eigenvalue weighted by molar-refractivity contribution is 0.0728. The van der Waals surface area contributed by atoms with Gasteiger partial charge in [0.1, 0.15) is 0 Å². The molecule has 1 aliphatic heterocycles. The van der Waals surface area contributed by atoms with Crippen LogP contribution in [-0.2, 0) is 0 Å². The number of nitrogens with one attached hydrogen (secondary N) is 1. The number of likely N-dealkylation sites (tertiary alicyclic amines) is 1. The van der Waals surface area contributed by atoms with Crippen LogP contribution in [-0.4, -0.2) is 42.8 Å². The molecule has 2 atom stereocenters. The Morgan fingerprint density at radius 1 is 1.26 bits per heavy atom. The van der Waals surface area contributed by atoms with Crippen LogP contribution in [0.15, 0.2) is 30.3 Å². The van der Waals surface area contributed by atoms with Crippen molar-refractivity contribution in [2.75, 3.05) is 26.7 Å². The summed E-state index contributed by atoms with van der Waals surface area (Å²) in [4.78, 5) is 2.48. The molecule has 1 fully saturated rings. The molecule has 2 rings (SSSR count). The van der Waals surface area contributed by atoms with E-state index in [1.807, 2.05) is 7.05 Å². The standard InChI is InChI=1S/C16H26N2O/c1-13(12-18-10-8-15(19)9-11-18)16(17-2)14-6-4-3-5-7-14/h3-7,13,15-17,19H,8-12H2,1-2H3. The molecule has 3 nitrogen and oxygen atoms in total. The summed E-state index contributed by atoms with van der Waals surface area (Å²) in [6.07, 6.45) is 1.76. The monoisotopic (exact) mass is 262 g/mol. The predicted octanol–water partition coefficient (Wildman–Crippen LogP) is 2.04. The van der Waals surface area contributed by atoms with Crippen molar-refractivity contribution in [2.24, 2.45) is 5.92 Å². The van der Waals surface area contributed by atoms with Crippen molar-refractivity contribution in [2.45, 2.75) is 31.9 Å². The summed E-state index contributed by atoms with van der Waals surface area (Å²) in [5, 5.41) is 13.0. The molecule has 0 amide bonds. The van der Waals surface area contributed by atoms with Gasteiger partial charge in [-0.1, -0.05) is 37.3 Å². The maximum absolute atomic E-state index is 9.56. The van der Waals surface area contributed by atoms with Gasteiger partial charge in [0.05, 0.1) is 6.10 Å². The van der Waals surface area contributed by atoms with E-state index in [0.717, 1.165) is 32.5 Å². The predicted molar refractivity (Wildman–Crippen MR) is 79.1 cm³/mol. The summed E-state index contributed by atoms with van der Waals surface area (Å²) >= 11 is 0. The Bertz CT molecular complexity index is 360. The first kappa shape index (κ1) is 14.5.